The number of carbonyl (C=O) groups is 3. The van der Waals surface area contributed by atoms with Gasteiger partial charge in [0.15, 0.2) is 0 Å². The van der Waals surface area contributed by atoms with Crippen LogP contribution in [0.2, 0.25) is 0 Å². The highest BCUT2D eigenvalue weighted by Gasteiger charge is 2.11. The zero-order chi connectivity index (χ0) is 20.0. The Morgan fingerprint density at radius 2 is 1.30 bits per heavy atom. The average Bonchev–Trinajstić information content (AvgIpc) is 2.63. The van der Waals surface area contributed by atoms with E-state index in [2.05, 4.69) is 18.5 Å². The summed E-state index contributed by atoms with van der Waals surface area (Å²) in [4.78, 5) is 35.2. The number of carbonyl (C=O) groups excluding carboxylic acids is 3. The highest BCUT2D eigenvalue weighted by atomic mass is 16.5. The number of nitrogens with one attached hydrogen (secondary N) is 1. The van der Waals surface area contributed by atoms with Gasteiger partial charge in [-0.05, 0) is 62.4 Å². The van der Waals surface area contributed by atoms with Gasteiger partial charge in [0.1, 0.15) is 11.5 Å². The fraction of sp³-hybridized carbons (Fsp3) is 0.0952. The first kappa shape index (κ1) is 19.7. The zero-order valence-corrected chi connectivity index (χ0v) is 15.1. The molecule has 0 aliphatic rings. The Bertz CT molecular complexity index is 895. The van der Waals surface area contributed by atoms with Gasteiger partial charge in [-0.2, -0.15) is 0 Å². The minimum atomic E-state index is -0.563. The van der Waals surface area contributed by atoms with Crippen LogP contribution in [0.1, 0.15) is 24.2 Å². The maximum Gasteiger partial charge on any atom is 0.343 e. The van der Waals surface area contributed by atoms with E-state index >= 15 is 0 Å². The van der Waals surface area contributed by atoms with E-state index in [1.165, 1.54) is 24.3 Å². The van der Waals surface area contributed by atoms with Crippen LogP contribution in [0.5, 0.6) is 11.5 Å². The third-order valence-electron chi connectivity index (χ3n) is 3.36. The van der Waals surface area contributed by atoms with Gasteiger partial charge in [-0.1, -0.05) is 13.2 Å². The van der Waals surface area contributed by atoms with Gasteiger partial charge >= 0.3 is 11.9 Å². The molecule has 0 fully saturated rings. The molecule has 2 rings (SSSR count). The molecule has 0 aromatic heterocycles. The second-order valence-electron chi connectivity index (χ2n) is 5.84. The average molecular weight is 365 g/mol. The van der Waals surface area contributed by atoms with Gasteiger partial charge in [0.2, 0.25) is 0 Å². The van der Waals surface area contributed by atoms with Crippen LogP contribution in [0.4, 0.5) is 5.69 Å². The molecule has 27 heavy (non-hydrogen) atoms. The number of ether oxygens (including phenoxy) is 2. The van der Waals surface area contributed by atoms with E-state index in [0.717, 1.165) is 0 Å². The predicted octanol–water partition coefficient (Wildman–Crippen LogP) is 3.90. The lowest BCUT2D eigenvalue weighted by Crippen LogP contribution is -2.12. The first-order valence-corrected chi connectivity index (χ1v) is 8.03. The SMILES string of the molecule is C=C(C)C(=O)Nc1ccc(OC(=O)c2ccc(OC(=O)C(=C)C)cc2)cc1. The minimum Gasteiger partial charge on any atom is -0.423 e. The Morgan fingerprint density at radius 3 is 1.81 bits per heavy atom. The number of benzene rings is 2. The van der Waals surface area contributed by atoms with Crippen molar-refractivity contribution >= 4 is 23.5 Å². The van der Waals surface area contributed by atoms with Crippen LogP contribution in [0.25, 0.3) is 0 Å². The maximum atomic E-state index is 12.2. The van der Waals surface area contributed by atoms with E-state index in [0.29, 0.717) is 28.3 Å². The molecule has 2 aromatic rings. The molecule has 0 radical (unpaired) electrons. The number of hydrogen-bond acceptors (Lipinski definition) is 5. The van der Waals surface area contributed by atoms with E-state index in [1.54, 1.807) is 38.1 Å². The monoisotopic (exact) mass is 365 g/mol. The molecule has 138 valence electrons. The molecule has 0 aliphatic heterocycles. The second kappa shape index (κ2) is 8.62. The largest absolute Gasteiger partial charge is 0.423 e. The van der Waals surface area contributed by atoms with Gasteiger partial charge < -0.3 is 14.8 Å². The van der Waals surface area contributed by atoms with Gasteiger partial charge in [0, 0.05) is 16.8 Å². The van der Waals surface area contributed by atoms with Crippen molar-refractivity contribution < 1.29 is 23.9 Å². The van der Waals surface area contributed by atoms with Crippen LogP contribution >= 0.6 is 0 Å². The van der Waals surface area contributed by atoms with Gasteiger partial charge in [-0.25, -0.2) is 9.59 Å². The normalized spacial score (nSPS) is 9.85. The summed E-state index contributed by atoms with van der Waals surface area (Å²) in [5.74, 6) is -0.758. The van der Waals surface area contributed by atoms with E-state index in [9.17, 15) is 14.4 Å². The van der Waals surface area contributed by atoms with Crippen molar-refractivity contribution in [2.75, 3.05) is 5.32 Å². The van der Waals surface area contributed by atoms with Crippen LogP contribution in [0.15, 0.2) is 72.8 Å². The molecule has 0 aliphatic carbocycles. The molecule has 6 nitrogen and oxygen atoms in total. The molecule has 2 aromatic carbocycles. The Kier molecular flexibility index (Phi) is 6.27. The smallest absolute Gasteiger partial charge is 0.343 e. The fourth-order valence-electron chi connectivity index (χ4n) is 1.86. The van der Waals surface area contributed by atoms with Gasteiger partial charge in [-0.3, -0.25) is 4.79 Å². The van der Waals surface area contributed by atoms with E-state index < -0.39 is 11.9 Å². The van der Waals surface area contributed by atoms with Crippen molar-refractivity contribution in [2.24, 2.45) is 0 Å². The molecular weight excluding hydrogens is 346 g/mol. The molecule has 0 spiro atoms. The quantitative estimate of drug-likeness (QED) is 0.477. The lowest BCUT2D eigenvalue weighted by molar-refractivity contribution is -0.130. The predicted molar refractivity (Wildman–Crippen MR) is 102 cm³/mol. The van der Waals surface area contributed by atoms with Crippen molar-refractivity contribution in [3.8, 4) is 11.5 Å². The summed E-state index contributed by atoms with van der Waals surface area (Å²) in [6.45, 7) is 10.2. The first-order valence-electron chi connectivity index (χ1n) is 8.03. The molecule has 6 heteroatoms. The summed E-state index contributed by atoms with van der Waals surface area (Å²) in [6, 6.07) is 12.3. The fourth-order valence-corrected chi connectivity index (χ4v) is 1.86. The minimum absolute atomic E-state index is 0.279. The lowest BCUT2D eigenvalue weighted by atomic mass is 10.2. The van der Waals surface area contributed by atoms with Crippen LogP contribution in [0.3, 0.4) is 0 Å². The molecule has 0 atom stereocenters. The van der Waals surface area contributed by atoms with Gasteiger partial charge in [-0.15, -0.1) is 0 Å². The topological polar surface area (TPSA) is 81.7 Å². The number of esters is 2. The standard InChI is InChI=1S/C21H19NO5/c1-13(2)19(23)22-16-7-11-18(12-8-16)27-21(25)15-5-9-17(10-6-15)26-20(24)14(3)4/h5-12H,1,3H2,2,4H3,(H,22,23). The Hall–Kier alpha value is -3.67. The third-order valence-corrected chi connectivity index (χ3v) is 3.36. The van der Waals surface area contributed by atoms with Crippen LogP contribution in [-0.4, -0.2) is 17.8 Å². The molecular formula is C21H19NO5. The highest BCUT2D eigenvalue weighted by molar-refractivity contribution is 6.02. The molecule has 0 bridgehead atoms. The maximum absolute atomic E-state index is 12.2. The summed E-state index contributed by atoms with van der Waals surface area (Å²) >= 11 is 0. The third kappa shape index (κ3) is 5.67. The Balaban J connectivity index is 1.98. The lowest BCUT2D eigenvalue weighted by Gasteiger charge is -2.08. The van der Waals surface area contributed by atoms with Crippen molar-refractivity contribution in [3.63, 3.8) is 0 Å². The Morgan fingerprint density at radius 1 is 0.778 bits per heavy atom. The summed E-state index contributed by atoms with van der Waals surface area (Å²) in [5.41, 5.74) is 1.53. The first-order chi connectivity index (χ1) is 12.8. The number of anilines is 1. The number of hydrogen-bond donors (Lipinski definition) is 1. The van der Waals surface area contributed by atoms with E-state index in [1.807, 2.05) is 0 Å². The highest BCUT2D eigenvalue weighted by Crippen LogP contribution is 2.19. The van der Waals surface area contributed by atoms with Gasteiger partial charge in [0.25, 0.3) is 5.91 Å². The zero-order valence-electron chi connectivity index (χ0n) is 15.1. The van der Waals surface area contributed by atoms with Crippen LogP contribution in [0, 0.1) is 0 Å². The van der Waals surface area contributed by atoms with Crippen LogP contribution < -0.4 is 14.8 Å². The van der Waals surface area contributed by atoms with E-state index in [-0.39, 0.29) is 11.5 Å². The molecule has 0 saturated carbocycles. The van der Waals surface area contributed by atoms with E-state index in [4.69, 9.17) is 9.47 Å². The Labute approximate surface area is 157 Å². The summed E-state index contributed by atoms with van der Waals surface area (Å²) in [6.07, 6.45) is 0. The molecule has 1 amide bonds. The summed E-state index contributed by atoms with van der Waals surface area (Å²) in [5, 5.41) is 2.66. The summed E-state index contributed by atoms with van der Waals surface area (Å²) in [7, 11) is 0. The molecule has 0 unspecified atom stereocenters. The molecule has 0 heterocycles. The van der Waals surface area contributed by atoms with Gasteiger partial charge in [0.05, 0.1) is 5.56 Å². The second-order valence-corrected chi connectivity index (χ2v) is 5.84. The molecule has 1 N–H and O–H groups in total. The molecule has 0 saturated heterocycles. The number of rotatable bonds is 6. The van der Waals surface area contributed by atoms with Crippen molar-refractivity contribution in [1.29, 1.82) is 0 Å². The van der Waals surface area contributed by atoms with Crippen molar-refractivity contribution in [3.05, 3.63) is 78.4 Å². The van der Waals surface area contributed by atoms with Crippen molar-refractivity contribution in [1.82, 2.24) is 0 Å². The summed E-state index contributed by atoms with van der Waals surface area (Å²) < 4.78 is 10.3. The van der Waals surface area contributed by atoms with Crippen LogP contribution in [-0.2, 0) is 9.59 Å². The van der Waals surface area contributed by atoms with Crippen molar-refractivity contribution in [2.45, 2.75) is 13.8 Å². The number of amides is 1.